The van der Waals surface area contributed by atoms with Crippen LogP contribution in [0.5, 0.6) is 5.88 Å². The minimum Gasteiger partial charge on any atom is -0.494 e. The van der Waals surface area contributed by atoms with Gasteiger partial charge in [0.2, 0.25) is 5.88 Å². The summed E-state index contributed by atoms with van der Waals surface area (Å²) in [6, 6.07) is 7.41. The summed E-state index contributed by atoms with van der Waals surface area (Å²) < 4.78 is 1.66. The molecule has 1 aromatic heterocycles. The number of aliphatic hydroxyl groups is 1. The largest absolute Gasteiger partial charge is 0.494 e. The van der Waals surface area contributed by atoms with E-state index in [2.05, 4.69) is 0 Å². The van der Waals surface area contributed by atoms with Crippen LogP contribution >= 0.6 is 0 Å². The van der Waals surface area contributed by atoms with Crippen molar-refractivity contribution in [2.75, 3.05) is 6.54 Å². The normalized spacial score (nSPS) is 14.9. The average Bonchev–Trinajstić information content (AvgIpc) is 2.81. The maximum absolute atomic E-state index is 13.2. The molecule has 0 saturated heterocycles. The van der Waals surface area contributed by atoms with Crippen molar-refractivity contribution >= 4 is 11.9 Å². The van der Waals surface area contributed by atoms with Crippen molar-refractivity contribution in [2.45, 2.75) is 50.8 Å². The van der Waals surface area contributed by atoms with Crippen LogP contribution in [0.4, 0.5) is 0 Å². The SMILES string of the molecule is N#Cc1ccc(C(O)Cn2c(=O)c(C(=O)NCC(=O)O)c(O)n(C3CCCCC3)c2=O)cc1. The molecule has 1 aliphatic carbocycles. The van der Waals surface area contributed by atoms with Gasteiger partial charge in [0.25, 0.3) is 11.5 Å². The number of nitrogens with zero attached hydrogens (tertiary/aromatic N) is 3. The summed E-state index contributed by atoms with van der Waals surface area (Å²) in [6.07, 6.45) is 2.34. The Morgan fingerprint density at radius 3 is 2.36 bits per heavy atom. The molecule has 11 nitrogen and oxygen atoms in total. The van der Waals surface area contributed by atoms with Crippen LogP contribution in [0.15, 0.2) is 33.9 Å². The van der Waals surface area contributed by atoms with Crippen LogP contribution in [-0.2, 0) is 11.3 Å². The van der Waals surface area contributed by atoms with Crippen molar-refractivity contribution in [1.29, 1.82) is 5.26 Å². The number of rotatable bonds is 7. The number of hydrogen-bond acceptors (Lipinski definition) is 7. The summed E-state index contributed by atoms with van der Waals surface area (Å²) in [7, 11) is 0. The molecule has 4 N–H and O–H groups in total. The number of nitriles is 1. The smallest absolute Gasteiger partial charge is 0.334 e. The molecule has 1 aliphatic rings. The summed E-state index contributed by atoms with van der Waals surface area (Å²) in [5.41, 5.74) is -2.06. The fourth-order valence-corrected chi connectivity index (χ4v) is 3.99. The predicted octanol–water partition coefficient (Wildman–Crippen LogP) is 0.640. The number of carboxylic acid groups (broad SMARTS) is 1. The van der Waals surface area contributed by atoms with Gasteiger partial charge in [0.1, 0.15) is 6.54 Å². The third-order valence-corrected chi connectivity index (χ3v) is 5.69. The quantitative estimate of drug-likeness (QED) is 0.469. The van der Waals surface area contributed by atoms with Crippen molar-refractivity contribution in [3.63, 3.8) is 0 Å². The van der Waals surface area contributed by atoms with E-state index < -0.39 is 59.8 Å². The first-order chi connectivity index (χ1) is 15.7. The van der Waals surface area contributed by atoms with E-state index in [0.29, 0.717) is 28.5 Å². The van der Waals surface area contributed by atoms with Gasteiger partial charge >= 0.3 is 11.7 Å². The fourth-order valence-electron chi connectivity index (χ4n) is 3.99. The monoisotopic (exact) mass is 456 g/mol. The second kappa shape index (κ2) is 10.1. The second-order valence-corrected chi connectivity index (χ2v) is 7.88. The Labute approximate surface area is 188 Å². The molecule has 1 fully saturated rings. The first-order valence-corrected chi connectivity index (χ1v) is 10.5. The van der Waals surface area contributed by atoms with Gasteiger partial charge in [-0.15, -0.1) is 0 Å². The van der Waals surface area contributed by atoms with Crippen molar-refractivity contribution in [1.82, 2.24) is 14.5 Å². The number of amides is 1. The molecule has 1 heterocycles. The Bertz CT molecular complexity index is 1200. The molecule has 3 rings (SSSR count). The predicted molar refractivity (Wildman–Crippen MR) is 115 cm³/mol. The summed E-state index contributed by atoms with van der Waals surface area (Å²) in [5, 5.41) is 41.1. The van der Waals surface area contributed by atoms with E-state index in [9.17, 15) is 29.4 Å². The van der Waals surface area contributed by atoms with Crippen LogP contribution < -0.4 is 16.6 Å². The maximum atomic E-state index is 13.2. The van der Waals surface area contributed by atoms with E-state index in [1.54, 1.807) is 0 Å². The third-order valence-electron chi connectivity index (χ3n) is 5.69. The van der Waals surface area contributed by atoms with Crippen LogP contribution in [0.25, 0.3) is 0 Å². The highest BCUT2D eigenvalue weighted by atomic mass is 16.4. The van der Waals surface area contributed by atoms with Crippen LogP contribution in [-0.4, -0.2) is 42.9 Å². The van der Waals surface area contributed by atoms with Crippen LogP contribution in [0.3, 0.4) is 0 Å². The number of nitrogens with one attached hydrogen (secondary N) is 1. The molecule has 1 saturated carbocycles. The maximum Gasteiger partial charge on any atom is 0.334 e. The van der Waals surface area contributed by atoms with Crippen molar-refractivity contribution in [3.05, 3.63) is 61.8 Å². The summed E-state index contributed by atoms with van der Waals surface area (Å²) >= 11 is 0. The minimum atomic E-state index is -1.35. The first-order valence-electron chi connectivity index (χ1n) is 10.5. The molecule has 33 heavy (non-hydrogen) atoms. The second-order valence-electron chi connectivity index (χ2n) is 7.88. The van der Waals surface area contributed by atoms with Crippen molar-refractivity contribution in [2.24, 2.45) is 0 Å². The number of carbonyl (C=O) groups excluding carboxylic acids is 1. The molecule has 174 valence electrons. The fraction of sp³-hybridized carbons (Fsp3) is 0.409. The van der Waals surface area contributed by atoms with Gasteiger partial charge in [0, 0.05) is 6.04 Å². The number of hydrogen-bond donors (Lipinski definition) is 4. The zero-order valence-electron chi connectivity index (χ0n) is 17.7. The van der Waals surface area contributed by atoms with Crippen LogP contribution in [0, 0.1) is 11.3 Å². The van der Waals surface area contributed by atoms with Gasteiger partial charge < -0.3 is 20.6 Å². The molecule has 1 aromatic carbocycles. The number of carbonyl (C=O) groups is 2. The first kappa shape index (κ1) is 23.7. The minimum absolute atomic E-state index is 0.342. The number of aromatic nitrogens is 2. The molecule has 1 amide bonds. The lowest BCUT2D eigenvalue weighted by Gasteiger charge is -2.26. The molecule has 0 spiro atoms. The topological polar surface area (TPSA) is 175 Å². The Morgan fingerprint density at radius 1 is 1.15 bits per heavy atom. The highest BCUT2D eigenvalue weighted by molar-refractivity contribution is 5.97. The Hall–Kier alpha value is -3.91. The third kappa shape index (κ3) is 5.12. The van der Waals surface area contributed by atoms with E-state index >= 15 is 0 Å². The summed E-state index contributed by atoms with van der Waals surface area (Å²) in [4.78, 5) is 49.6. The van der Waals surface area contributed by atoms with E-state index in [4.69, 9.17) is 10.4 Å². The standard InChI is InChI=1S/C22H24N4O7/c23-10-13-6-8-14(9-7-13)16(27)12-25-20(31)18(19(30)24-11-17(28)29)21(32)26(22(25)33)15-4-2-1-3-5-15/h6-9,15-16,27,32H,1-5,11-12H2,(H,24,30)(H,28,29). The molecule has 11 heteroatoms. The van der Waals surface area contributed by atoms with Gasteiger partial charge in [-0.05, 0) is 30.5 Å². The molecule has 0 bridgehead atoms. The van der Waals surface area contributed by atoms with Gasteiger partial charge in [-0.3, -0.25) is 23.5 Å². The molecule has 2 aromatic rings. The van der Waals surface area contributed by atoms with Crippen LogP contribution in [0.1, 0.15) is 65.7 Å². The number of aliphatic hydroxyl groups excluding tert-OH is 1. The van der Waals surface area contributed by atoms with Gasteiger partial charge in [0.15, 0.2) is 5.56 Å². The van der Waals surface area contributed by atoms with E-state index in [1.807, 2.05) is 11.4 Å². The Morgan fingerprint density at radius 2 is 1.79 bits per heavy atom. The molecular weight excluding hydrogens is 432 g/mol. The number of carboxylic acids is 1. The summed E-state index contributed by atoms with van der Waals surface area (Å²) in [6.45, 7) is -1.29. The van der Waals surface area contributed by atoms with Gasteiger partial charge in [-0.1, -0.05) is 31.4 Å². The lowest BCUT2D eigenvalue weighted by Crippen LogP contribution is -2.46. The average molecular weight is 456 g/mol. The van der Waals surface area contributed by atoms with E-state index in [1.165, 1.54) is 24.3 Å². The molecular formula is C22H24N4O7. The highest BCUT2D eigenvalue weighted by Gasteiger charge is 2.29. The zero-order chi connectivity index (χ0) is 24.1. The van der Waals surface area contributed by atoms with Crippen LogP contribution in [0.2, 0.25) is 0 Å². The lowest BCUT2D eigenvalue weighted by molar-refractivity contribution is -0.135. The number of aliphatic carboxylic acids is 1. The Balaban J connectivity index is 2.09. The Kier molecular flexibility index (Phi) is 7.30. The number of benzene rings is 1. The van der Waals surface area contributed by atoms with E-state index in [0.717, 1.165) is 23.8 Å². The lowest BCUT2D eigenvalue weighted by atomic mass is 9.95. The van der Waals surface area contributed by atoms with Crippen molar-refractivity contribution < 1.29 is 24.9 Å². The van der Waals surface area contributed by atoms with Gasteiger partial charge in [0.05, 0.1) is 24.3 Å². The van der Waals surface area contributed by atoms with E-state index in [-0.39, 0.29) is 0 Å². The highest BCUT2D eigenvalue weighted by Crippen LogP contribution is 2.30. The number of aromatic hydroxyl groups is 1. The molecule has 0 aliphatic heterocycles. The molecule has 0 radical (unpaired) electrons. The van der Waals surface area contributed by atoms with Crippen molar-refractivity contribution in [3.8, 4) is 11.9 Å². The summed E-state index contributed by atoms with van der Waals surface area (Å²) in [5.74, 6) is -3.30. The van der Waals surface area contributed by atoms with Gasteiger partial charge in [-0.25, -0.2) is 4.79 Å². The molecule has 1 unspecified atom stereocenters. The molecule has 1 atom stereocenters. The van der Waals surface area contributed by atoms with Gasteiger partial charge in [-0.2, -0.15) is 5.26 Å². The zero-order valence-corrected chi connectivity index (χ0v) is 17.7.